The molecule has 0 aliphatic carbocycles. The monoisotopic (exact) mass is 306 g/mol. The molecule has 2 heterocycles. The number of rotatable bonds is 8. The van der Waals surface area contributed by atoms with Crippen molar-refractivity contribution in [2.75, 3.05) is 7.05 Å². The van der Waals surface area contributed by atoms with Crippen LogP contribution in [0.3, 0.4) is 0 Å². The van der Waals surface area contributed by atoms with Crippen LogP contribution < -0.4 is 10.6 Å². The van der Waals surface area contributed by atoms with Gasteiger partial charge in [0.1, 0.15) is 5.82 Å². The van der Waals surface area contributed by atoms with Gasteiger partial charge in [-0.25, -0.2) is 0 Å². The van der Waals surface area contributed by atoms with Gasteiger partial charge in [0.15, 0.2) is 11.8 Å². The number of nitrogens with one attached hydrogen (secondary N) is 2. The van der Waals surface area contributed by atoms with Crippen LogP contribution in [0.25, 0.3) is 0 Å². The highest BCUT2D eigenvalue weighted by atomic mass is 15.3. The molecule has 1 aromatic rings. The molecule has 1 aliphatic heterocycles. The Bertz CT molecular complexity index is 479. The zero-order valence-corrected chi connectivity index (χ0v) is 14.2. The Morgan fingerprint density at radius 1 is 1.32 bits per heavy atom. The second-order valence-corrected chi connectivity index (χ2v) is 6.11. The van der Waals surface area contributed by atoms with Crippen LogP contribution in [-0.2, 0) is 19.5 Å². The van der Waals surface area contributed by atoms with Crippen molar-refractivity contribution in [2.45, 2.75) is 77.9 Å². The quantitative estimate of drug-likeness (QED) is 0.439. The molecule has 0 aromatic carbocycles. The molecule has 0 bridgehead atoms. The lowest BCUT2D eigenvalue weighted by molar-refractivity contribution is 0.535. The molecule has 0 fully saturated rings. The van der Waals surface area contributed by atoms with Gasteiger partial charge in [0, 0.05) is 26.1 Å². The first-order valence-corrected chi connectivity index (χ1v) is 8.62. The van der Waals surface area contributed by atoms with Crippen molar-refractivity contribution in [1.29, 1.82) is 0 Å². The van der Waals surface area contributed by atoms with Crippen LogP contribution in [-0.4, -0.2) is 33.8 Å². The van der Waals surface area contributed by atoms with E-state index in [1.807, 2.05) is 7.05 Å². The van der Waals surface area contributed by atoms with Gasteiger partial charge in [-0.1, -0.05) is 32.6 Å². The van der Waals surface area contributed by atoms with E-state index in [1.165, 1.54) is 38.5 Å². The summed E-state index contributed by atoms with van der Waals surface area (Å²) in [5, 5.41) is 15.3. The Kier molecular flexibility index (Phi) is 6.68. The number of hydrogen-bond acceptors (Lipinski definition) is 3. The molecule has 22 heavy (non-hydrogen) atoms. The maximum atomic E-state index is 4.30. The van der Waals surface area contributed by atoms with Gasteiger partial charge in [0.2, 0.25) is 0 Å². The zero-order chi connectivity index (χ0) is 15.8. The molecule has 1 atom stereocenters. The highest BCUT2D eigenvalue weighted by Crippen LogP contribution is 2.13. The number of aryl methyl sites for hydroxylation is 1. The SMILES string of the molecule is CCCCCCC(C)NC(=NC)NCc1nnc2n1CCC2. The molecule has 0 amide bonds. The molecule has 1 aromatic heterocycles. The van der Waals surface area contributed by atoms with E-state index in [9.17, 15) is 0 Å². The number of nitrogens with zero attached hydrogens (tertiary/aromatic N) is 4. The fourth-order valence-electron chi connectivity index (χ4n) is 2.88. The van der Waals surface area contributed by atoms with E-state index in [-0.39, 0.29) is 0 Å². The van der Waals surface area contributed by atoms with Gasteiger partial charge in [-0.15, -0.1) is 10.2 Å². The lowest BCUT2D eigenvalue weighted by Crippen LogP contribution is -2.42. The zero-order valence-electron chi connectivity index (χ0n) is 14.2. The summed E-state index contributed by atoms with van der Waals surface area (Å²) in [4.78, 5) is 4.30. The molecule has 2 N–H and O–H groups in total. The Morgan fingerprint density at radius 2 is 2.18 bits per heavy atom. The molecular weight excluding hydrogens is 276 g/mol. The molecule has 1 unspecified atom stereocenters. The molecule has 6 heteroatoms. The van der Waals surface area contributed by atoms with Crippen molar-refractivity contribution in [1.82, 2.24) is 25.4 Å². The highest BCUT2D eigenvalue weighted by molar-refractivity contribution is 5.79. The summed E-state index contributed by atoms with van der Waals surface area (Å²) in [6, 6.07) is 0.437. The summed E-state index contributed by atoms with van der Waals surface area (Å²) in [7, 11) is 1.81. The van der Waals surface area contributed by atoms with Crippen LogP contribution >= 0.6 is 0 Å². The molecule has 0 saturated carbocycles. The fraction of sp³-hybridized carbons (Fsp3) is 0.812. The van der Waals surface area contributed by atoms with Crippen LogP contribution in [0.2, 0.25) is 0 Å². The second kappa shape index (κ2) is 8.76. The Labute approximate surface area is 133 Å². The van der Waals surface area contributed by atoms with E-state index in [2.05, 4.69) is 44.2 Å². The van der Waals surface area contributed by atoms with Crippen molar-refractivity contribution in [3.63, 3.8) is 0 Å². The number of fused-ring (bicyclic) bond motifs is 1. The maximum Gasteiger partial charge on any atom is 0.191 e. The Balaban J connectivity index is 1.73. The Hall–Kier alpha value is -1.59. The van der Waals surface area contributed by atoms with Crippen LogP contribution in [0.15, 0.2) is 4.99 Å². The minimum absolute atomic E-state index is 0.437. The van der Waals surface area contributed by atoms with Crippen LogP contribution in [0.1, 0.15) is 64.0 Å². The average Bonchev–Trinajstić information content (AvgIpc) is 3.12. The third-order valence-corrected chi connectivity index (χ3v) is 4.20. The fourth-order valence-corrected chi connectivity index (χ4v) is 2.88. The third kappa shape index (κ3) is 4.71. The second-order valence-electron chi connectivity index (χ2n) is 6.11. The molecule has 0 saturated heterocycles. The molecule has 124 valence electrons. The van der Waals surface area contributed by atoms with Gasteiger partial charge in [0.25, 0.3) is 0 Å². The summed E-state index contributed by atoms with van der Waals surface area (Å²) in [6.07, 6.45) is 8.62. The number of unbranched alkanes of at least 4 members (excludes halogenated alkanes) is 3. The summed E-state index contributed by atoms with van der Waals surface area (Å²) in [5.41, 5.74) is 0. The van der Waals surface area contributed by atoms with Gasteiger partial charge in [0.05, 0.1) is 6.54 Å². The third-order valence-electron chi connectivity index (χ3n) is 4.20. The van der Waals surface area contributed by atoms with Gasteiger partial charge < -0.3 is 15.2 Å². The first kappa shape index (κ1) is 16.8. The Morgan fingerprint density at radius 3 is 2.95 bits per heavy atom. The van der Waals surface area contributed by atoms with Crippen LogP contribution in [0.4, 0.5) is 0 Å². The van der Waals surface area contributed by atoms with Crippen LogP contribution in [0.5, 0.6) is 0 Å². The molecule has 2 rings (SSSR count). The largest absolute Gasteiger partial charge is 0.354 e. The van der Waals surface area contributed by atoms with Gasteiger partial charge >= 0.3 is 0 Å². The summed E-state index contributed by atoms with van der Waals surface area (Å²) >= 11 is 0. The van der Waals surface area contributed by atoms with Gasteiger partial charge in [-0.05, 0) is 19.8 Å². The van der Waals surface area contributed by atoms with E-state index < -0.39 is 0 Å². The van der Waals surface area contributed by atoms with Crippen molar-refractivity contribution < 1.29 is 0 Å². The first-order valence-electron chi connectivity index (χ1n) is 8.62. The van der Waals surface area contributed by atoms with Crippen molar-refractivity contribution in [3.8, 4) is 0 Å². The number of hydrogen-bond donors (Lipinski definition) is 2. The number of aromatic nitrogens is 3. The smallest absolute Gasteiger partial charge is 0.191 e. The van der Waals surface area contributed by atoms with E-state index in [1.54, 1.807) is 0 Å². The lowest BCUT2D eigenvalue weighted by atomic mass is 10.1. The minimum atomic E-state index is 0.437. The van der Waals surface area contributed by atoms with Crippen molar-refractivity contribution in [2.24, 2.45) is 4.99 Å². The molecule has 0 spiro atoms. The minimum Gasteiger partial charge on any atom is -0.354 e. The maximum absolute atomic E-state index is 4.30. The summed E-state index contributed by atoms with van der Waals surface area (Å²) < 4.78 is 2.22. The van der Waals surface area contributed by atoms with Gasteiger partial charge in [-0.3, -0.25) is 4.99 Å². The summed E-state index contributed by atoms with van der Waals surface area (Å²) in [5.74, 6) is 2.97. The average molecular weight is 306 g/mol. The van der Waals surface area contributed by atoms with Crippen molar-refractivity contribution in [3.05, 3.63) is 11.6 Å². The van der Waals surface area contributed by atoms with E-state index in [4.69, 9.17) is 0 Å². The molecule has 0 radical (unpaired) electrons. The van der Waals surface area contributed by atoms with E-state index >= 15 is 0 Å². The predicted octanol–water partition coefficient (Wildman–Crippen LogP) is 2.25. The van der Waals surface area contributed by atoms with Gasteiger partial charge in [-0.2, -0.15) is 0 Å². The molecular formula is C16H30N6. The normalized spacial score (nSPS) is 15.7. The highest BCUT2D eigenvalue weighted by Gasteiger charge is 2.17. The topological polar surface area (TPSA) is 67.1 Å². The van der Waals surface area contributed by atoms with Crippen molar-refractivity contribution >= 4 is 5.96 Å². The van der Waals surface area contributed by atoms with Crippen LogP contribution in [0, 0.1) is 0 Å². The van der Waals surface area contributed by atoms with E-state index in [0.717, 1.165) is 30.6 Å². The molecule has 1 aliphatic rings. The lowest BCUT2D eigenvalue weighted by Gasteiger charge is -2.17. The number of aliphatic imine (C=N–C) groups is 1. The molecule has 6 nitrogen and oxygen atoms in total. The number of guanidine groups is 1. The standard InChI is InChI=1S/C16H30N6/c1-4-5-6-7-9-13(2)19-16(17-3)18-12-15-21-20-14-10-8-11-22(14)15/h13H,4-12H2,1-3H3,(H2,17,18,19). The van der Waals surface area contributed by atoms with E-state index in [0.29, 0.717) is 12.6 Å². The predicted molar refractivity (Wildman–Crippen MR) is 89.9 cm³/mol. The first-order chi connectivity index (χ1) is 10.7. The summed E-state index contributed by atoms with van der Waals surface area (Å²) in [6.45, 7) is 6.18.